The number of carbonyl (C=O) groups is 3. The van der Waals surface area contributed by atoms with Crippen molar-refractivity contribution in [2.45, 2.75) is 24.9 Å². The van der Waals surface area contributed by atoms with Crippen molar-refractivity contribution in [3.05, 3.63) is 83.7 Å². The summed E-state index contributed by atoms with van der Waals surface area (Å²) >= 11 is 0. The van der Waals surface area contributed by atoms with Gasteiger partial charge in [0.05, 0.1) is 5.69 Å². The molecule has 0 saturated heterocycles. The van der Waals surface area contributed by atoms with E-state index in [9.17, 15) is 19.5 Å². The SMILES string of the molecule is O=C(Nc1cccnc1C(=O)NOC(C(=O)O)C1CC1)OCC1c2ccccc2-c2ccccc21. The van der Waals surface area contributed by atoms with Crippen molar-refractivity contribution in [1.82, 2.24) is 10.5 Å². The maximum absolute atomic E-state index is 12.6. The summed E-state index contributed by atoms with van der Waals surface area (Å²) in [5.74, 6) is -2.15. The number of nitrogens with zero attached hydrogens (tertiary/aromatic N) is 1. The third-order valence-corrected chi connectivity index (χ3v) is 6.18. The molecule has 2 amide bonds. The van der Waals surface area contributed by atoms with Crippen molar-refractivity contribution < 1.29 is 29.1 Å². The Morgan fingerprint density at radius 2 is 1.63 bits per heavy atom. The predicted molar refractivity (Wildman–Crippen MR) is 126 cm³/mol. The zero-order chi connectivity index (χ0) is 24.4. The Hall–Kier alpha value is -4.24. The number of hydrogen-bond acceptors (Lipinski definition) is 6. The molecule has 0 aliphatic heterocycles. The zero-order valence-corrected chi connectivity index (χ0v) is 18.6. The number of amides is 2. The van der Waals surface area contributed by atoms with E-state index in [4.69, 9.17) is 9.57 Å². The van der Waals surface area contributed by atoms with E-state index >= 15 is 0 Å². The molecule has 0 spiro atoms. The van der Waals surface area contributed by atoms with Crippen LogP contribution in [0.2, 0.25) is 0 Å². The van der Waals surface area contributed by atoms with E-state index in [2.05, 4.69) is 27.9 Å². The average molecular weight is 473 g/mol. The molecule has 1 fully saturated rings. The van der Waals surface area contributed by atoms with E-state index in [1.54, 1.807) is 6.07 Å². The molecular weight excluding hydrogens is 450 g/mol. The van der Waals surface area contributed by atoms with Crippen LogP contribution < -0.4 is 10.8 Å². The van der Waals surface area contributed by atoms with E-state index in [1.165, 1.54) is 12.3 Å². The highest BCUT2D eigenvalue weighted by Gasteiger charge is 2.38. The van der Waals surface area contributed by atoms with Gasteiger partial charge in [0.25, 0.3) is 5.91 Å². The van der Waals surface area contributed by atoms with E-state index < -0.39 is 24.1 Å². The number of aromatic nitrogens is 1. The standard InChI is InChI=1S/C26H23N3O6/c30-24(29-35-23(25(31)32)15-11-12-15)22-21(10-5-13-27-22)28-26(33)34-14-20-18-8-3-1-6-16(18)17-7-2-4-9-19(17)20/h1-10,13,15,20,23H,11-12,14H2,(H,28,33)(H,29,30)(H,31,32). The van der Waals surface area contributed by atoms with Gasteiger partial charge in [0, 0.05) is 12.1 Å². The molecule has 3 N–H and O–H groups in total. The lowest BCUT2D eigenvalue weighted by Gasteiger charge is -2.16. The molecule has 0 bridgehead atoms. The predicted octanol–water partition coefficient (Wildman–Crippen LogP) is 3.97. The number of carboxylic acids is 1. The first-order valence-corrected chi connectivity index (χ1v) is 11.3. The monoisotopic (exact) mass is 473 g/mol. The number of carbonyl (C=O) groups excluding carboxylic acids is 2. The number of pyridine rings is 1. The molecule has 2 aliphatic rings. The molecule has 1 heterocycles. The lowest BCUT2D eigenvalue weighted by Crippen LogP contribution is -2.36. The van der Waals surface area contributed by atoms with Gasteiger partial charge in [-0.3, -0.25) is 14.9 Å². The van der Waals surface area contributed by atoms with Crippen LogP contribution in [0, 0.1) is 5.92 Å². The van der Waals surface area contributed by atoms with Crippen molar-refractivity contribution in [3.63, 3.8) is 0 Å². The Morgan fingerprint density at radius 3 is 2.26 bits per heavy atom. The maximum atomic E-state index is 12.6. The van der Waals surface area contributed by atoms with Crippen LogP contribution in [0.3, 0.4) is 0 Å². The minimum Gasteiger partial charge on any atom is -0.479 e. The molecule has 3 aromatic rings. The average Bonchev–Trinajstić information content (AvgIpc) is 3.65. The first-order valence-electron chi connectivity index (χ1n) is 11.3. The third kappa shape index (κ3) is 4.71. The molecule has 2 aliphatic carbocycles. The summed E-state index contributed by atoms with van der Waals surface area (Å²) in [5, 5.41) is 11.8. The normalized spacial score (nSPS) is 15.0. The van der Waals surface area contributed by atoms with Gasteiger partial charge in [-0.05, 0) is 53.1 Å². The first kappa shape index (κ1) is 22.5. The smallest absolute Gasteiger partial charge is 0.411 e. The number of rotatable bonds is 8. The second-order valence-electron chi connectivity index (χ2n) is 8.50. The van der Waals surface area contributed by atoms with Gasteiger partial charge in [0.2, 0.25) is 0 Å². The summed E-state index contributed by atoms with van der Waals surface area (Å²) in [5.41, 5.74) is 6.54. The quantitative estimate of drug-likeness (QED) is 0.423. The summed E-state index contributed by atoms with van der Waals surface area (Å²) in [6.07, 6.45) is 0.973. The van der Waals surface area contributed by atoms with Crippen molar-refractivity contribution in [3.8, 4) is 11.1 Å². The van der Waals surface area contributed by atoms with Crippen LogP contribution in [0.15, 0.2) is 66.9 Å². The number of benzene rings is 2. The van der Waals surface area contributed by atoms with E-state index in [0.717, 1.165) is 35.1 Å². The number of carboxylic acid groups (broad SMARTS) is 1. The van der Waals surface area contributed by atoms with E-state index in [-0.39, 0.29) is 29.8 Å². The Bertz CT molecular complexity index is 1240. The molecule has 5 rings (SSSR count). The number of fused-ring (bicyclic) bond motifs is 3. The maximum Gasteiger partial charge on any atom is 0.411 e. The number of ether oxygens (including phenoxy) is 1. The van der Waals surface area contributed by atoms with Crippen LogP contribution in [0.25, 0.3) is 11.1 Å². The number of aliphatic carboxylic acids is 1. The Balaban J connectivity index is 1.23. The van der Waals surface area contributed by atoms with E-state index in [1.807, 2.05) is 36.4 Å². The molecule has 1 aromatic heterocycles. The van der Waals surface area contributed by atoms with Gasteiger partial charge in [-0.2, -0.15) is 0 Å². The summed E-state index contributed by atoms with van der Waals surface area (Å²) in [6, 6.07) is 19.1. The topological polar surface area (TPSA) is 127 Å². The van der Waals surface area contributed by atoms with Crippen molar-refractivity contribution in [2.24, 2.45) is 5.92 Å². The molecule has 0 radical (unpaired) electrons. The second-order valence-corrected chi connectivity index (χ2v) is 8.50. The minimum atomic E-state index is -1.15. The van der Waals surface area contributed by atoms with Gasteiger partial charge in [-0.15, -0.1) is 0 Å². The fourth-order valence-corrected chi connectivity index (χ4v) is 4.34. The minimum absolute atomic E-state index is 0.103. The van der Waals surface area contributed by atoms with Crippen LogP contribution in [0.1, 0.15) is 40.4 Å². The third-order valence-electron chi connectivity index (χ3n) is 6.18. The number of anilines is 1. The first-order chi connectivity index (χ1) is 17.0. The lowest BCUT2D eigenvalue weighted by atomic mass is 9.98. The highest BCUT2D eigenvalue weighted by molar-refractivity contribution is 6.00. The van der Waals surface area contributed by atoms with Crippen LogP contribution in [-0.4, -0.2) is 40.8 Å². The molecule has 1 unspecified atom stereocenters. The van der Waals surface area contributed by atoms with Crippen LogP contribution >= 0.6 is 0 Å². The van der Waals surface area contributed by atoms with Crippen LogP contribution in [-0.2, 0) is 14.4 Å². The van der Waals surface area contributed by atoms with Crippen molar-refractivity contribution in [1.29, 1.82) is 0 Å². The largest absolute Gasteiger partial charge is 0.479 e. The Kier molecular flexibility index (Phi) is 6.15. The van der Waals surface area contributed by atoms with Gasteiger partial charge < -0.3 is 9.84 Å². The van der Waals surface area contributed by atoms with E-state index in [0.29, 0.717) is 0 Å². The summed E-state index contributed by atoms with van der Waals surface area (Å²) in [4.78, 5) is 45.6. The van der Waals surface area contributed by atoms with Crippen LogP contribution in [0.4, 0.5) is 10.5 Å². The number of hydrogen-bond donors (Lipinski definition) is 3. The van der Waals surface area contributed by atoms with Crippen LogP contribution in [0.5, 0.6) is 0 Å². The fourth-order valence-electron chi connectivity index (χ4n) is 4.34. The molecule has 1 saturated carbocycles. The number of hydroxylamine groups is 1. The molecular formula is C26H23N3O6. The van der Waals surface area contributed by atoms with Crippen molar-refractivity contribution >= 4 is 23.7 Å². The Labute approximate surface area is 201 Å². The van der Waals surface area contributed by atoms with Gasteiger partial charge in [0.1, 0.15) is 6.61 Å². The molecule has 9 heteroatoms. The molecule has 35 heavy (non-hydrogen) atoms. The van der Waals surface area contributed by atoms with Gasteiger partial charge in [-0.1, -0.05) is 48.5 Å². The zero-order valence-electron chi connectivity index (χ0n) is 18.6. The lowest BCUT2D eigenvalue weighted by molar-refractivity contribution is -0.155. The van der Waals surface area contributed by atoms with Gasteiger partial charge in [0.15, 0.2) is 11.8 Å². The summed E-state index contributed by atoms with van der Waals surface area (Å²) < 4.78 is 5.53. The second kappa shape index (κ2) is 9.55. The molecule has 178 valence electrons. The highest BCUT2D eigenvalue weighted by Crippen LogP contribution is 2.44. The van der Waals surface area contributed by atoms with Gasteiger partial charge >= 0.3 is 12.1 Å². The summed E-state index contributed by atoms with van der Waals surface area (Å²) in [6.45, 7) is 0.118. The Morgan fingerprint density at radius 1 is 0.971 bits per heavy atom. The molecule has 2 aromatic carbocycles. The van der Waals surface area contributed by atoms with Gasteiger partial charge in [-0.25, -0.2) is 20.1 Å². The highest BCUT2D eigenvalue weighted by atomic mass is 16.7. The number of nitrogens with one attached hydrogen (secondary N) is 2. The molecule has 1 atom stereocenters. The summed E-state index contributed by atoms with van der Waals surface area (Å²) in [7, 11) is 0. The molecule has 9 nitrogen and oxygen atoms in total. The fraction of sp³-hybridized carbons (Fsp3) is 0.231. The van der Waals surface area contributed by atoms with Crippen molar-refractivity contribution in [2.75, 3.05) is 11.9 Å².